The summed E-state index contributed by atoms with van der Waals surface area (Å²) in [5.41, 5.74) is 1.11. The monoisotopic (exact) mass is 291 g/mol. The lowest BCUT2D eigenvalue weighted by Gasteiger charge is -2.33. The second kappa shape index (κ2) is 8.35. The Bertz CT molecular complexity index is 422. The Labute approximate surface area is 128 Å². The fourth-order valence-electron chi connectivity index (χ4n) is 2.62. The van der Waals surface area contributed by atoms with Gasteiger partial charge in [-0.05, 0) is 31.4 Å². The van der Waals surface area contributed by atoms with Crippen LogP contribution in [-0.4, -0.2) is 36.8 Å². The lowest BCUT2D eigenvalue weighted by Crippen LogP contribution is -2.40. The number of nitrogens with zero attached hydrogens (tertiary/aromatic N) is 2. The van der Waals surface area contributed by atoms with Crippen LogP contribution in [-0.2, 0) is 11.3 Å². The van der Waals surface area contributed by atoms with Crippen LogP contribution in [0.2, 0.25) is 0 Å². The van der Waals surface area contributed by atoms with Crippen molar-refractivity contribution >= 4 is 5.82 Å². The van der Waals surface area contributed by atoms with Gasteiger partial charge >= 0.3 is 0 Å². The number of nitrogens with one attached hydrogen (secondary N) is 1. The van der Waals surface area contributed by atoms with E-state index in [-0.39, 0.29) is 0 Å². The second-order valence-electron chi connectivity index (χ2n) is 6.10. The van der Waals surface area contributed by atoms with Crippen molar-refractivity contribution in [2.75, 3.05) is 24.6 Å². The van der Waals surface area contributed by atoms with E-state index < -0.39 is 0 Å². The molecule has 0 amide bonds. The van der Waals surface area contributed by atoms with E-state index in [1.54, 1.807) is 0 Å². The molecular weight excluding hydrogens is 262 g/mol. The Balaban J connectivity index is 1.95. The number of hydrogen-bond donors (Lipinski definition) is 1. The smallest absolute Gasteiger partial charge is 0.128 e. The number of hydrogen-bond acceptors (Lipinski definition) is 4. The first-order valence-electron chi connectivity index (χ1n) is 8.25. The molecule has 0 radical (unpaired) electrons. The molecule has 1 aliphatic rings. The second-order valence-corrected chi connectivity index (χ2v) is 6.10. The highest BCUT2D eigenvalue weighted by Crippen LogP contribution is 2.20. The summed E-state index contributed by atoms with van der Waals surface area (Å²) < 4.78 is 5.91. The molecule has 4 heteroatoms. The average Bonchev–Trinajstić information content (AvgIpc) is 2.51. The van der Waals surface area contributed by atoms with Crippen LogP contribution in [0, 0.1) is 0 Å². The number of piperidine rings is 1. The van der Waals surface area contributed by atoms with Crippen molar-refractivity contribution in [3.8, 4) is 0 Å². The average molecular weight is 291 g/mol. The lowest BCUT2D eigenvalue weighted by atomic mass is 10.1. The molecule has 2 rings (SSSR count). The summed E-state index contributed by atoms with van der Waals surface area (Å²) in [6.07, 6.45) is 3.80. The zero-order valence-corrected chi connectivity index (χ0v) is 13.6. The van der Waals surface area contributed by atoms with Gasteiger partial charge < -0.3 is 15.0 Å². The molecule has 118 valence electrons. The minimum Gasteiger partial charge on any atom is -0.376 e. The molecule has 1 aliphatic heterocycles. The molecule has 1 fully saturated rings. The molecule has 4 nitrogen and oxygen atoms in total. The summed E-state index contributed by atoms with van der Waals surface area (Å²) in [6, 6.07) is 6.79. The van der Waals surface area contributed by atoms with E-state index in [1.807, 2.05) is 0 Å². The number of anilines is 1. The van der Waals surface area contributed by atoms with E-state index in [0.29, 0.717) is 12.1 Å². The molecule has 1 N–H and O–H groups in total. The van der Waals surface area contributed by atoms with Crippen LogP contribution in [0.3, 0.4) is 0 Å². The molecule has 1 aromatic heterocycles. The predicted octanol–water partition coefficient (Wildman–Crippen LogP) is 2.98. The van der Waals surface area contributed by atoms with E-state index >= 15 is 0 Å². The summed E-state index contributed by atoms with van der Waals surface area (Å²) in [5, 5.41) is 3.42. The molecule has 1 aromatic rings. The first kappa shape index (κ1) is 16.2. The number of pyridine rings is 1. The standard InChI is InChI=1S/C17H29N3O/c1-4-11-21-16-8-6-10-20(13-16)17-9-5-7-15(19-17)12-18-14(2)3/h5,7,9,14,16,18H,4,6,8,10-13H2,1-3H3. The van der Waals surface area contributed by atoms with Crippen LogP contribution in [0.5, 0.6) is 0 Å². The predicted molar refractivity (Wildman–Crippen MR) is 87.7 cm³/mol. The van der Waals surface area contributed by atoms with Gasteiger partial charge in [0.25, 0.3) is 0 Å². The highest BCUT2D eigenvalue weighted by Gasteiger charge is 2.21. The van der Waals surface area contributed by atoms with Crippen molar-refractivity contribution in [2.24, 2.45) is 0 Å². The van der Waals surface area contributed by atoms with Crippen molar-refractivity contribution in [1.29, 1.82) is 0 Å². The Morgan fingerprint density at radius 3 is 3.05 bits per heavy atom. The summed E-state index contributed by atoms with van der Waals surface area (Å²) in [7, 11) is 0. The fraction of sp³-hybridized carbons (Fsp3) is 0.706. The molecule has 0 bridgehead atoms. The van der Waals surface area contributed by atoms with E-state index in [0.717, 1.165) is 44.2 Å². The third-order valence-electron chi connectivity index (χ3n) is 3.74. The Hall–Kier alpha value is -1.13. The highest BCUT2D eigenvalue weighted by atomic mass is 16.5. The third-order valence-corrected chi connectivity index (χ3v) is 3.74. The summed E-state index contributed by atoms with van der Waals surface area (Å²) in [6.45, 7) is 10.2. The third kappa shape index (κ3) is 5.29. The minimum absolute atomic E-state index is 0.359. The summed E-state index contributed by atoms with van der Waals surface area (Å²) >= 11 is 0. The van der Waals surface area contributed by atoms with Crippen LogP contribution < -0.4 is 10.2 Å². The van der Waals surface area contributed by atoms with Crippen molar-refractivity contribution in [2.45, 2.75) is 58.7 Å². The molecule has 1 atom stereocenters. The van der Waals surface area contributed by atoms with Gasteiger partial charge in [0.2, 0.25) is 0 Å². The molecule has 1 unspecified atom stereocenters. The van der Waals surface area contributed by atoms with Crippen LogP contribution in [0.1, 0.15) is 45.7 Å². The van der Waals surface area contributed by atoms with Gasteiger partial charge in [-0.25, -0.2) is 4.98 Å². The molecule has 1 saturated heterocycles. The molecule has 0 aliphatic carbocycles. The van der Waals surface area contributed by atoms with E-state index in [9.17, 15) is 0 Å². The fourth-order valence-corrected chi connectivity index (χ4v) is 2.62. The molecule has 21 heavy (non-hydrogen) atoms. The zero-order chi connectivity index (χ0) is 15.1. The number of ether oxygens (including phenoxy) is 1. The van der Waals surface area contributed by atoms with Crippen LogP contribution >= 0.6 is 0 Å². The molecule has 0 aromatic carbocycles. The van der Waals surface area contributed by atoms with Gasteiger partial charge in [0.1, 0.15) is 5.82 Å². The van der Waals surface area contributed by atoms with Crippen molar-refractivity contribution in [1.82, 2.24) is 10.3 Å². The Morgan fingerprint density at radius 1 is 1.43 bits per heavy atom. The first-order chi connectivity index (χ1) is 10.2. The maximum Gasteiger partial charge on any atom is 0.128 e. The van der Waals surface area contributed by atoms with Crippen LogP contribution in [0.25, 0.3) is 0 Å². The van der Waals surface area contributed by atoms with E-state index in [1.165, 1.54) is 12.8 Å². The van der Waals surface area contributed by atoms with E-state index in [4.69, 9.17) is 9.72 Å². The van der Waals surface area contributed by atoms with Gasteiger partial charge in [0.15, 0.2) is 0 Å². The van der Waals surface area contributed by atoms with Gasteiger partial charge in [-0.15, -0.1) is 0 Å². The van der Waals surface area contributed by atoms with Gasteiger partial charge in [0.05, 0.1) is 11.8 Å². The maximum atomic E-state index is 5.91. The lowest BCUT2D eigenvalue weighted by molar-refractivity contribution is 0.0439. The van der Waals surface area contributed by atoms with Gasteiger partial charge in [-0.2, -0.15) is 0 Å². The SMILES string of the molecule is CCCOC1CCCN(c2cccc(CNC(C)C)n2)C1. The quantitative estimate of drug-likeness (QED) is 0.838. The number of rotatable bonds is 7. The Kier molecular flexibility index (Phi) is 6.46. The topological polar surface area (TPSA) is 37.4 Å². The highest BCUT2D eigenvalue weighted by molar-refractivity contribution is 5.40. The normalized spacial score (nSPS) is 19.2. The Morgan fingerprint density at radius 2 is 2.29 bits per heavy atom. The van der Waals surface area contributed by atoms with Crippen molar-refractivity contribution < 1.29 is 4.74 Å². The van der Waals surface area contributed by atoms with Crippen molar-refractivity contribution in [3.05, 3.63) is 23.9 Å². The molecule has 0 spiro atoms. The summed E-state index contributed by atoms with van der Waals surface area (Å²) in [5.74, 6) is 1.09. The molecule has 2 heterocycles. The van der Waals surface area contributed by atoms with Gasteiger partial charge in [-0.3, -0.25) is 0 Å². The first-order valence-corrected chi connectivity index (χ1v) is 8.25. The van der Waals surface area contributed by atoms with Crippen LogP contribution in [0.15, 0.2) is 18.2 Å². The van der Waals surface area contributed by atoms with Crippen LogP contribution in [0.4, 0.5) is 5.82 Å². The minimum atomic E-state index is 0.359. The van der Waals surface area contributed by atoms with Crippen molar-refractivity contribution in [3.63, 3.8) is 0 Å². The molecule has 0 saturated carbocycles. The molecular formula is C17H29N3O. The van der Waals surface area contributed by atoms with E-state index in [2.05, 4.69) is 49.2 Å². The number of aromatic nitrogens is 1. The van der Waals surface area contributed by atoms with Gasteiger partial charge in [-0.1, -0.05) is 26.8 Å². The van der Waals surface area contributed by atoms with Gasteiger partial charge in [0, 0.05) is 32.3 Å². The maximum absolute atomic E-state index is 5.91. The summed E-state index contributed by atoms with van der Waals surface area (Å²) in [4.78, 5) is 7.15. The zero-order valence-electron chi connectivity index (χ0n) is 13.6. The largest absolute Gasteiger partial charge is 0.376 e.